The third-order valence-corrected chi connectivity index (χ3v) is 6.68. The lowest BCUT2D eigenvalue weighted by atomic mass is 9.80. The van der Waals surface area contributed by atoms with Gasteiger partial charge in [0.15, 0.2) is 0 Å². The number of hydrogen-bond acceptors (Lipinski definition) is 0. The first-order chi connectivity index (χ1) is 14.9. The number of fused-ring (bicyclic) bond motifs is 5. The van der Waals surface area contributed by atoms with Crippen LogP contribution in [0.4, 0.5) is 0 Å². The molecule has 0 unspecified atom stereocenters. The summed E-state index contributed by atoms with van der Waals surface area (Å²) < 4.78 is 2.28. The molecule has 0 radical (unpaired) electrons. The quantitative estimate of drug-likeness (QED) is 0.304. The largest absolute Gasteiger partial charge is 0.343 e. The smallest absolute Gasteiger partial charge is 0.0556 e. The number of rotatable bonds is 0. The van der Waals surface area contributed by atoms with Gasteiger partial charge in [0.25, 0.3) is 0 Å². The molecule has 30 heavy (non-hydrogen) atoms. The highest BCUT2D eigenvalue weighted by Crippen LogP contribution is 2.38. The van der Waals surface area contributed by atoms with E-state index in [2.05, 4.69) is 95.7 Å². The average molecular weight is 388 g/mol. The van der Waals surface area contributed by atoms with Crippen molar-refractivity contribution in [1.82, 2.24) is 4.57 Å². The molecule has 2 heterocycles. The number of benzene rings is 3. The van der Waals surface area contributed by atoms with Gasteiger partial charge in [0.05, 0.1) is 5.52 Å². The van der Waals surface area contributed by atoms with Crippen molar-refractivity contribution in [3.8, 4) is 11.1 Å². The maximum absolute atomic E-state index is 2.34. The standard InChI is InChI=1S/C18H16.C11H9N/c1-3-7-15-13(5-1)9-11-18-16-8-4-2-6-14(16)10-12-17(15)18;1-3-9-5-2-7-12-8-6-10(4-1)11(9)12/h1,3-5,7-8,10,12H,2,6,9,11H2;1-6,8H,7H2. The molecule has 1 heteroatoms. The first-order valence-electron chi connectivity index (χ1n) is 11.0. The molecular formula is C29H25N. The van der Waals surface area contributed by atoms with Gasteiger partial charge in [0, 0.05) is 18.1 Å². The molecule has 3 aromatic carbocycles. The molecular weight excluding hydrogens is 362 g/mol. The Balaban J connectivity index is 0.000000126. The van der Waals surface area contributed by atoms with Crippen molar-refractivity contribution in [3.63, 3.8) is 0 Å². The van der Waals surface area contributed by atoms with Crippen LogP contribution >= 0.6 is 0 Å². The van der Waals surface area contributed by atoms with E-state index < -0.39 is 0 Å². The second-order valence-electron chi connectivity index (χ2n) is 8.42. The molecule has 0 fully saturated rings. The molecule has 0 amide bonds. The Hall–Kier alpha value is -3.32. The Kier molecular flexibility index (Phi) is 4.19. The van der Waals surface area contributed by atoms with Gasteiger partial charge in [-0.2, -0.15) is 0 Å². The lowest BCUT2D eigenvalue weighted by molar-refractivity contribution is 0.859. The van der Waals surface area contributed by atoms with E-state index in [1.165, 1.54) is 70.0 Å². The predicted molar refractivity (Wildman–Crippen MR) is 128 cm³/mol. The number of allylic oxidation sites excluding steroid dienone is 2. The van der Waals surface area contributed by atoms with Crippen LogP contribution in [-0.2, 0) is 25.8 Å². The number of para-hydroxylation sites is 1. The number of aryl methyl sites for hydroxylation is 2. The molecule has 4 aromatic rings. The zero-order valence-electron chi connectivity index (χ0n) is 17.1. The molecule has 146 valence electrons. The van der Waals surface area contributed by atoms with Crippen molar-refractivity contribution < 1.29 is 0 Å². The van der Waals surface area contributed by atoms with Gasteiger partial charge in [-0.15, -0.1) is 0 Å². The van der Waals surface area contributed by atoms with E-state index in [0.717, 1.165) is 6.54 Å². The fraction of sp³-hybridized carbons (Fsp3) is 0.172. The minimum atomic E-state index is 1.01. The lowest BCUT2D eigenvalue weighted by Crippen LogP contribution is -2.08. The van der Waals surface area contributed by atoms with Crippen molar-refractivity contribution in [1.29, 1.82) is 0 Å². The zero-order chi connectivity index (χ0) is 19.9. The normalized spacial score (nSPS) is 15.1. The summed E-state index contributed by atoms with van der Waals surface area (Å²) in [6.07, 6.45) is 16.0. The van der Waals surface area contributed by atoms with E-state index in [1.807, 2.05) is 0 Å². The van der Waals surface area contributed by atoms with Gasteiger partial charge in [0.2, 0.25) is 0 Å². The van der Waals surface area contributed by atoms with E-state index in [-0.39, 0.29) is 0 Å². The molecule has 1 aliphatic heterocycles. The van der Waals surface area contributed by atoms with Crippen LogP contribution < -0.4 is 0 Å². The molecule has 0 saturated carbocycles. The van der Waals surface area contributed by atoms with Crippen LogP contribution in [0.5, 0.6) is 0 Å². The monoisotopic (exact) mass is 387 g/mol. The Bertz CT molecular complexity index is 1320. The van der Waals surface area contributed by atoms with E-state index in [0.29, 0.717) is 0 Å². The molecule has 0 saturated heterocycles. The van der Waals surface area contributed by atoms with Crippen molar-refractivity contribution in [3.05, 3.63) is 107 Å². The average Bonchev–Trinajstić information content (AvgIpc) is 3.24. The van der Waals surface area contributed by atoms with Crippen LogP contribution in [0.2, 0.25) is 0 Å². The van der Waals surface area contributed by atoms with Gasteiger partial charge in [0.1, 0.15) is 0 Å². The summed E-state index contributed by atoms with van der Waals surface area (Å²) in [7, 11) is 0. The highest BCUT2D eigenvalue weighted by molar-refractivity contribution is 5.89. The highest BCUT2D eigenvalue weighted by atomic mass is 15.0. The molecule has 2 aliphatic carbocycles. The fourth-order valence-electron chi connectivity index (χ4n) is 5.23. The summed E-state index contributed by atoms with van der Waals surface area (Å²) in [6.45, 7) is 1.01. The Labute approximate surface area is 178 Å². The molecule has 7 rings (SSSR count). The van der Waals surface area contributed by atoms with E-state index in [1.54, 1.807) is 5.56 Å². The van der Waals surface area contributed by atoms with Gasteiger partial charge < -0.3 is 4.57 Å². The number of aromatic nitrogens is 1. The third-order valence-electron chi connectivity index (χ3n) is 6.68. The summed E-state index contributed by atoms with van der Waals surface area (Å²) >= 11 is 0. The predicted octanol–water partition coefficient (Wildman–Crippen LogP) is 7.08. The maximum atomic E-state index is 2.34. The van der Waals surface area contributed by atoms with Crippen molar-refractivity contribution in [2.75, 3.05) is 0 Å². The minimum Gasteiger partial charge on any atom is -0.343 e. The van der Waals surface area contributed by atoms with E-state index >= 15 is 0 Å². The molecule has 0 bridgehead atoms. The van der Waals surface area contributed by atoms with Crippen LogP contribution in [0, 0.1) is 0 Å². The summed E-state index contributed by atoms with van der Waals surface area (Å²) in [6, 6.07) is 22.1. The van der Waals surface area contributed by atoms with E-state index in [4.69, 9.17) is 0 Å². The van der Waals surface area contributed by atoms with Crippen molar-refractivity contribution in [2.24, 2.45) is 0 Å². The highest BCUT2D eigenvalue weighted by Gasteiger charge is 2.20. The molecule has 1 nitrogen and oxygen atoms in total. The number of hydrogen-bond donors (Lipinski definition) is 0. The number of nitrogens with zero attached hydrogens (tertiary/aromatic N) is 1. The van der Waals surface area contributed by atoms with Crippen LogP contribution in [0.3, 0.4) is 0 Å². The first-order valence-corrected chi connectivity index (χ1v) is 11.0. The van der Waals surface area contributed by atoms with Crippen LogP contribution in [-0.4, -0.2) is 4.57 Å². The SMILES string of the molecule is C1=Cc2c(ccc3c2CCc2ccccc2-3)CC1.C1=Cc2cccc3ccn(c23)C1. The van der Waals surface area contributed by atoms with Crippen molar-refractivity contribution >= 4 is 23.1 Å². The van der Waals surface area contributed by atoms with Crippen LogP contribution in [0.1, 0.15) is 34.2 Å². The van der Waals surface area contributed by atoms with Crippen LogP contribution in [0.25, 0.3) is 34.2 Å². The minimum absolute atomic E-state index is 1.01. The molecule has 0 spiro atoms. The molecule has 0 atom stereocenters. The topological polar surface area (TPSA) is 4.93 Å². The maximum Gasteiger partial charge on any atom is 0.0556 e. The zero-order valence-corrected chi connectivity index (χ0v) is 17.1. The second kappa shape index (κ2) is 7.18. The molecule has 1 aromatic heterocycles. The summed E-state index contributed by atoms with van der Waals surface area (Å²) in [5, 5.41) is 1.34. The Morgan fingerprint density at radius 1 is 0.667 bits per heavy atom. The summed E-state index contributed by atoms with van der Waals surface area (Å²) in [5.74, 6) is 0. The third kappa shape index (κ3) is 2.85. The Morgan fingerprint density at radius 3 is 2.63 bits per heavy atom. The summed E-state index contributed by atoms with van der Waals surface area (Å²) in [4.78, 5) is 0. The van der Waals surface area contributed by atoms with Gasteiger partial charge in [-0.25, -0.2) is 0 Å². The Morgan fingerprint density at radius 2 is 1.63 bits per heavy atom. The second-order valence-corrected chi connectivity index (χ2v) is 8.42. The lowest BCUT2D eigenvalue weighted by Gasteiger charge is -2.24. The van der Waals surface area contributed by atoms with Gasteiger partial charge >= 0.3 is 0 Å². The van der Waals surface area contributed by atoms with E-state index in [9.17, 15) is 0 Å². The molecule has 0 N–H and O–H groups in total. The fourth-order valence-corrected chi connectivity index (χ4v) is 5.23. The van der Waals surface area contributed by atoms with Gasteiger partial charge in [-0.1, -0.05) is 78.9 Å². The van der Waals surface area contributed by atoms with Gasteiger partial charge in [-0.3, -0.25) is 0 Å². The van der Waals surface area contributed by atoms with Crippen LogP contribution in [0.15, 0.2) is 79.0 Å². The van der Waals surface area contributed by atoms with Gasteiger partial charge in [-0.05, 0) is 70.7 Å². The first kappa shape index (κ1) is 17.5. The summed E-state index contributed by atoms with van der Waals surface area (Å²) in [5.41, 5.74) is 11.7. The van der Waals surface area contributed by atoms with Crippen molar-refractivity contribution in [2.45, 2.75) is 32.2 Å². The molecule has 3 aliphatic rings.